The highest BCUT2D eigenvalue weighted by Crippen LogP contribution is 2.42. The van der Waals surface area contributed by atoms with E-state index < -0.39 is 14.8 Å². The Morgan fingerprint density at radius 1 is 1.09 bits per heavy atom. The number of sulfonamides is 1. The molecule has 1 N–H and O–H groups in total. The largest absolute Gasteiger partial charge is 0.374 e. The zero-order valence-electron chi connectivity index (χ0n) is 28.9. The van der Waals surface area contributed by atoms with E-state index in [0.29, 0.717) is 12.8 Å². The molecule has 1 saturated heterocycles. The first-order chi connectivity index (χ1) is 22.2. The molecule has 6 atom stereocenters. The summed E-state index contributed by atoms with van der Waals surface area (Å²) in [4.78, 5) is 23.0. The van der Waals surface area contributed by atoms with E-state index in [1.54, 1.807) is 6.21 Å². The van der Waals surface area contributed by atoms with Crippen LogP contribution in [0, 0.1) is 23.7 Å². The topological polar surface area (TPSA) is 91.3 Å². The number of amides is 1. The lowest BCUT2D eigenvalue weighted by Crippen LogP contribution is -2.57. The number of nitrogens with zero attached hydrogens (tertiary/aromatic N) is 3. The summed E-state index contributed by atoms with van der Waals surface area (Å²) in [5.41, 5.74) is 1.10. The van der Waals surface area contributed by atoms with Crippen molar-refractivity contribution in [1.82, 2.24) is 14.5 Å². The highest BCUT2D eigenvalue weighted by atomic mass is 32.2. The number of nitrogens with one attached hydrogen (secondary N) is 1. The van der Waals surface area contributed by atoms with Crippen LogP contribution >= 0.6 is 0 Å². The molecule has 8 nitrogen and oxygen atoms in total. The van der Waals surface area contributed by atoms with Gasteiger partial charge in [0.15, 0.2) is 0 Å². The first-order valence-corrected chi connectivity index (χ1v) is 19.6. The quantitative estimate of drug-likeness (QED) is 0.161. The van der Waals surface area contributed by atoms with Crippen molar-refractivity contribution in [3.63, 3.8) is 0 Å². The van der Waals surface area contributed by atoms with Gasteiger partial charge in [-0.15, -0.1) is 11.8 Å². The van der Waals surface area contributed by atoms with E-state index in [4.69, 9.17) is 9.73 Å². The van der Waals surface area contributed by atoms with Crippen LogP contribution in [0.25, 0.3) is 0 Å². The Kier molecular flexibility index (Phi) is 14.4. The van der Waals surface area contributed by atoms with Crippen LogP contribution < -0.4 is 4.72 Å². The molecule has 3 fully saturated rings. The van der Waals surface area contributed by atoms with Gasteiger partial charge in [0.05, 0.1) is 12.1 Å². The summed E-state index contributed by atoms with van der Waals surface area (Å²) in [5.74, 6) is 6.86. The summed E-state index contributed by atoms with van der Waals surface area (Å²) < 4.78 is 36.2. The predicted molar refractivity (Wildman–Crippen MR) is 188 cm³/mol. The summed E-state index contributed by atoms with van der Waals surface area (Å²) in [5, 5.41) is 0. The highest BCUT2D eigenvalue weighted by Gasteiger charge is 2.51. The third-order valence-electron chi connectivity index (χ3n) is 10.6. The van der Waals surface area contributed by atoms with Crippen LogP contribution in [0.2, 0.25) is 0 Å². The fourth-order valence-electron chi connectivity index (χ4n) is 7.89. The average Bonchev–Trinajstić information content (AvgIpc) is 3.53. The number of fused-ring (bicyclic) bond motifs is 1. The van der Waals surface area contributed by atoms with E-state index in [9.17, 15) is 13.2 Å². The summed E-state index contributed by atoms with van der Waals surface area (Å²) in [6.45, 7) is 15.3. The van der Waals surface area contributed by atoms with Crippen molar-refractivity contribution in [1.29, 1.82) is 0 Å². The van der Waals surface area contributed by atoms with Crippen LogP contribution in [0.3, 0.4) is 0 Å². The smallest absolute Gasteiger partial charge is 0.225 e. The maximum atomic E-state index is 13.9. The van der Waals surface area contributed by atoms with E-state index in [-0.39, 0.29) is 35.9 Å². The minimum Gasteiger partial charge on any atom is -0.374 e. The maximum absolute atomic E-state index is 13.9. The maximum Gasteiger partial charge on any atom is 0.225 e. The summed E-state index contributed by atoms with van der Waals surface area (Å²) >= 11 is 0. The van der Waals surface area contributed by atoms with E-state index in [1.165, 1.54) is 0 Å². The van der Waals surface area contributed by atoms with Crippen molar-refractivity contribution in [3.05, 3.63) is 24.3 Å². The third-order valence-corrected chi connectivity index (χ3v) is 12.9. The highest BCUT2D eigenvalue weighted by molar-refractivity contribution is 7.91. The number of carbonyl (C=O) groups excluding carboxylic acids is 1. The van der Waals surface area contributed by atoms with Crippen LogP contribution in [-0.4, -0.2) is 92.6 Å². The molecule has 0 spiro atoms. The molecule has 46 heavy (non-hydrogen) atoms. The molecule has 0 aromatic rings. The van der Waals surface area contributed by atoms with Gasteiger partial charge in [0.2, 0.25) is 15.9 Å². The fourth-order valence-corrected chi connectivity index (χ4v) is 9.82. The number of carbonyl (C=O) groups is 1. The Morgan fingerprint density at radius 2 is 1.93 bits per heavy atom. The Morgan fingerprint density at radius 3 is 2.74 bits per heavy atom. The van der Waals surface area contributed by atoms with Crippen LogP contribution in [0.4, 0.5) is 0 Å². The van der Waals surface area contributed by atoms with E-state index in [0.717, 1.165) is 122 Å². The second-order valence-corrected chi connectivity index (χ2v) is 16.3. The second kappa shape index (κ2) is 18.0. The minimum absolute atomic E-state index is 0.0162. The molecule has 0 radical (unpaired) electrons. The molecular formula is C37H60N4O4S. The standard InChI is InChI=1S/C37H60N4O4S/c1-5-7-8-9-19-34(45-28-6-2)30(3)29-40-24-14-25-41(27-26-40)36(42)32-16-12-18-33(21-20-32)39-46(43,44)37(4)22-13-17-31-15-10-11-23-38-35(31)37/h10-11,23,31-35,39H,3,5-6,9,12-22,24-29H2,1-2,4H3. The third kappa shape index (κ3) is 9.78. The van der Waals surface area contributed by atoms with Crippen LogP contribution in [-0.2, 0) is 19.6 Å². The molecule has 9 heteroatoms. The monoisotopic (exact) mass is 656 g/mol. The van der Waals surface area contributed by atoms with E-state index >= 15 is 0 Å². The van der Waals surface area contributed by atoms with E-state index in [1.807, 2.05) is 13.0 Å². The number of ether oxygens (including phenoxy) is 1. The van der Waals surface area contributed by atoms with Gasteiger partial charge in [-0.2, -0.15) is 0 Å². The lowest BCUT2D eigenvalue weighted by Gasteiger charge is -2.43. The molecule has 2 aliphatic carbocycles. The van der Waals surface area contributed by atoms with Crippen molar-refractivity contribution >= 4 is 22.1 Å². The minimum atomic E-state index is -3.60. The van der Waals surface area contributed by atoms with Crippen LogP contribution in [0.15, 0.2) is 29.3 Å². The van der Waals surface area contributed by atoms with Crippen molar-refractivity contribution in [2.75, 3.05) is 39.3 Å². The summed E-state index contributed by atoms with van der Waals surface area (Å²) in [6, 6.07) is -0.349. The molecular weight excluding hydrogens is 596 g/mol. The van der Waals surface area contributed by atoms with E-state index in [2.05, 4.69) is 52.9 Å². The lowest BCUT2D eigenvalue weighted by molar-refractivity contribution is -0.135. The van der Waals surface area contributed by atoms with Gasteiger partial charge < -0.3 is 9.64 Å². The Bertz CT molecular complexity index is 1240. The normalized spacial score (nSPS) is 29.8. The van der Waals surface area contributed by atoms with Gasteiger partial charge in [-0.25, -0.2) is 13.1 Å². The van der Waals surface area contributed by atoms with Crippen molar-refractivity contribution in [2.24, 2.45) is 16.8 Å². The average molecular weight is 657 g/mol. The van der Waals surface area contributed by atoms with Gasteiger partial charge in [0, 0.05) is 70.3 Å². The first-order valence-electron chi connectivity index (χ1n) is 18.1. The molecule has 1 amide bonds. The van der Waals surface area contributed by atoms with Gasteiger partial charge in [-0.05, 0) is 88.7 Å². The molecule has 0 bridgehead atoms. The second-order valence-electron chi connectivity index (χ2n) is 14.1. The van der Waals surface area contributed by atoms with Gasteiger partial charge in [0.1, 0.15) is 4.75 Å². The molecule has 4 aliphatic rings. The zero-order chi connectivity index (χ0) is 33.0. The van der Waals surface area contributed by atoms with Crippen molar-refractivity contribution < 1.29 is 17.9 Å². The number of rotatable bonds is 12. The molecule has 258 valence electrons. The number of aliphatic imine (C=N–C) groups is 1. The van der Waals surface area contributed by atoms with Crippen molar-refractivity contribution in [2.45, 2.75) is 134 Å². The Balaban J connectivity index is 1.28. The zero-order valence-corrected chi connectivity index (χ0v) is 29.7. The van der Waals surface area contributed by atoms with Gasteiger partial charge in [0.25, 0.3) is 0 Å². The number of hydrogen-bond donors (Lipinski definition) is 1. The number of allylic oxidation sites excluding steroid dienone is 2. The Hall–Kier alpha value is -1.99. The Labute approximate surface area is 279 Å². The summed E-state index contributed by atoms with van der Waals surface area (Å²) in [6.07, 6.45) is 17.7. The van der Waals surface area contributed by atoms with Gasteiger partial charge in [-0.1, -0.05) is 39.3 Å². The first kappa shape index (κ1) is 36.8. The lowest BCUT2D eigenvalue weighted by atomic mass is 9.76. The van der Waals surface area contributed by atoms with Crippen LogP contribution in [0.1, 0.15) is 111 Å². The molecule has 4 rings (SSSR count). The molecule has 6 unspecified atom stereocenters. The van der Waals surface area contributed by atoms with Gasteiger partial charge in [-0.3, -0.25) is 14.7 Å². The molecule has 0 aromatic heterocycles. The van der Waals surface area contributed by atoms with Crippen molar-refractivity contribution in [3.8, 4) is 11.8 Å². The van der Waals surface area contributed by atoms with Gasteiger partial charge >= 0.3 is 0 Å². The molecule has 2 aliphatic heterocycles. The predicted octanol–water partition coefficient (Wildman–Crippen LogP) is 5.89. The molecule has 2 heterocycles. The molecule has 2 saturated carbocycles. The molecule has 0 aromatic carbocycles. The SMILES string of the molecule is C=C(CN1CCCN(C(=O)C2CCCC(NS(=O)(=O)C3(C)CCCC4CC=CC=NC43)CC2)CC1)C(CCC#CCC)OCCC. The van der Waals surface area contributed by atoms with Crippen LogP contribution in [0.5, 0.6) is 0 Å². The summed E-state index contributed by atoms with van der Waals surface area (Å²) in [7, 11) is -3.60. The number of hydrogen-bond acceptors (Lipinski definition) is 6. The fraction of sp³-hybridized carbons (Fsp3) is 0.784.